The highest BCUT2D eigenvalue weighted by molar-refractivity contribution is 5.91. The maximum atomic E-state index is 12.1. The summed E-state index contributed by atoms with van der Waals surface area (Å²) in [6, 6.07) is 0. The first-order valence-corrected chi connectivity index (χ1v) is 12.7. The Balaban J connectivity index is 1.59. The molecule has 0 aromatic heterocycles. The molecule has 2 unspecified atom stereocenters. The van der Waals surface area contributed by atoms with Crippen LogP contribution in [0, 0.1) is 46.3 Å². The van der Waals surface area contributed by atoms with Crippen molar-refractivity contribution >= 4 is 5.78 Å². The van der Waals surface area contributed by atoms with E-state index in [1.54, 1.807) is 0 Å². The minimum absolute atomic E-state index is 0.0267. The van der Waals surface area contributed by atoms with Gasteiger partial charge in [-0.1, -0.05) is 59.5 Å². The van der Waals surface area contributed by atoms with Crippen molar-refractivity contribution in [3.8, 4) is 0 Å². The van der Waals surface area contributed by atoms with Crippen LogP contribution in [0.2, 0.25) is 0 Å². The van der Waals surface area contributed by atoms with E-state index in [0.717, 1.165) is 30.8 Å². The molecule has 3 fully saturated rings. The Morgan fingerprint density at radius 3 is 2.53 bits per heavy atom. The molecule has 3 nitrogen and oxygen atoms in total. The molecule has 0 radical (unpaired) electrons. The normalized spacial score (nSPS) is 46.8. The minimum Gasteiger partial charge on any atom is -0.393 e. The molecule has 4 aliphatic rings. The van der Waals surface area contributed by atoms with Gasteiger partial charge in [0.05, 0.1) is 12.2 Å². The third kappa shape index (κ3) is 3.43. The Labute approximate surface area is 183 Å². The SMILES string of the molecule is CC(C)CCC[C@@H](C)[C@H]1CC[C@H]2[C@@H]3C(O)CC4=CC(=O)CC[C@]4(C)[C@H]3CC(O)[C@]12C. The van der Waals surface area contributed by atoms with Crippen molar-refractivity contribution < 1.29 is 15.0 Å². The predicted molar refractivity (Wildman–Crippen MR) is 121 cm³/mol. The van der Waals surface area contributed by atoms with E-state index in [1.165, 1.54) is 25.7 Å². The first-order chi connectivity index (χ1) is 14.1. The zero-order chi connectivity index (χ0) is 21.8. The molecule has 3 heteroatoms. The number of aliphatic hydroxyl groups excluding tert-OH is 2. The number of hydrogen-bond donors (Lipinski definition) is 2. The van der Waals surface area contributed by atoms with Crippen LogP contribution in [-0.4, -0.2) is 28.2 Å². The lowest BCUT2D eigenvalue weighted by Gasteiger charge is -2.61. The van der Waals surface area contributed by atoms with Gasteiger partial charge in [0, 0.05) is 6.42 Å². The van der Waals surface area contributed by atoms with Crippen molar-refractivity contribution in [3.63, 3.8) is 0 Å². The second-order valence-corrected chi connectivity index (χ2v) is 12.2. The van der Waals surface area contributed by atoms with Crippen LogP contribution in [0.15, 0.2) is 11.6 Å². The molecule has 0 amide bonds. The first-order valence-electron chi connectivity index (χ1n) is 12.7. The molecule has 0 spiro atoms. The smallest absolute Gasteiger partial charge is 0.155 e. The summed E-state index contributed by atoms with van der Waals surface area (Å²) in [6.45, 7) is 11.7. The highest BCUT2D eigenvalue weighted by Gasteiger charge is 2.64. The topological polar surface area (TPSA) is 57.5 Å². The largest absolute Gasteiger partial charge is 0.393 e. The Kier molecular flexibility index (Phi) is 6.03. The van der Waals surface area contributed by atoms with Gasteiger partial charge in [-0.05, 0) is 84.5 Å². The summed E-state index contributed by atoms with van der Waals surface area (Å²) in [7, 11) is 0. The van der Waals surface area contributed by atoms with Gasteiger partial charge < -0.3 is 10.2 Å². The Bertz CT molecular complexity index is 696. The molecule has 0 bridgehead atoms. The summed E-state index contributed by atoms with van der Waals surface area (Å²) >= 11 is 0. The van der Waals surface area contributed by atoms with Crippen LogP contribution >= 0.6 is 0 Å². The molecule has 9 atom stereocenters. The summed E-state index contributed by atoms with van der Waals surface area (Å²) in [5.41, 5.74) is 1.04. The first kappa shape index (κ1) is 22.5. The van der Waals surface area contributed by atoms with Crippen LogP contribution in [0.1, 0.15) is 92.4 Å². The molecule has 170 valence electrons. The van der Waals surface area contributed by atoms with Crippen molar-refractivity contribution in [1.82, 2.24) is 0 Å². The van der Waals surface area contributed by atoms with Crippen LogP contribution in [0.5, 0.6) is 0 Å². The van der Waals surface area contributed by atoms with Gasteiger partial charge in [-0.3, -0.25) is 4.79 Å². The Hall–Kier alpha value is -0.670. The number of ketones is 1. The lowest BCUT2D eigenvalue weighted by Crippen LogP contribution is -2.60. The van der Waals surface area contributed by atoms with Crippen molar-refractivity contribution in [2.45, 2.75) is 105 Å². The molecule has 0 aliphatic heterocycles. The molecule has 2 N–H and O–H groups in total. The number of aliphatic hydroxyl groups is 2. The molecule has 0 aromatic rings. The number of carbonyl (C=O) groups is 1. The predicted octanol–water partition coefficient (Wildman–Crippen LogP) is 5.54. The molecule has 0 heterocycles. The maximum Gasteiger partial charge on any atom is 0.155 e. The molecular formula is C27H44O3. The monoisotopic (exact) mass is 416 g/mol. The van der Waals surface area contributed by atoms with Gasteiger partial charge in [-0.15, -0.1) is 0 Å². The Morgan fingerprint density at radius 1 is 1.10 bits per heavy atom. The van der Waals surface area contributed by atoms with E-state index in [2.05, 4.69) is 34.6 Å². The van der Waals surface area contributed by atoms with E-state index in [0.29, 0.717) is 36.5 Å². The van der Waals surface area contributed by atoms with E-state index in [1.807, 2.05) is 6.08 Å². The van der Waals surface area contributed by atoms with Gasteiger partial charge in [0.25, 0.3) is 0 Å². The fourth-order valence-electron chi connectivity index (χ4n) is 8.51. The van der Waals surface area contributed by atoms with Crippen molar-refractivity contribution in [1.29, 1.82) is 0 Å². The molecule has 4 rings (SSSR count). The molecule has 0 aromatic carbocycles. The number of carbonyl (C=O) groups excluding carboxylic acids is 1. The number of hydrogen-bond acceptors (Lipinski definition) is 3. The van der Waals surface area contributed by atoms with Crippen LogP contribution < -0.4 is 0 Å². The molecule has 30 heavy (non-hydrogen) atoms. The van der Waals surface area contributed by atoms with Crippen LogP contribution in [0.3, 0.4) is 0 Å². The molecule has 3 saturated carbocycles. The second-order valence-electron chi connectivity index (χ2n) is 12.2. The third-order valence-electron chi connectivity index (χ3n) is 10.3. The fraction of sp³-hybridized carbons (Fsp3) is 0.889. The maximum absolute atomic E-state index is 12.1. The number of fused-ring (bicyclic) bond motifs is 5. The zero-order valence-electron chi connectivity index (χ0n) is 19.9. The third-order valence-corrected chi connectivity index (χ3v) is 10.3. The summed E-state index contributed by atoms with van der Waals surface area (Å²) in [6.07, 6.45) is 10.2. The van der Waals surface area contributed by atoms with E-state index >= 15 is 0 Å². The van der Waals surface area contributed by atoms with Gasteiger partial charge in [0.15, 0.2) is 5.78 Å². The average molecular weight is 417 g/mol. The van der Waals surface area contributed by atoms with Gasteiger partial charge in [0.2, 0.25) is 0 Å². The summed E-state index contributed by atoms with van der Waals surface area (Å²) in [5.74, 6) is 3.11. The fourth-order valence-corrected chi connectivity index (χ4v) is 8.51. The van der Waals surface area contributed by atoms with Gasteiger partial charge in [0.1, 0.15) is 0 Å². The van der Waals surface area contributed by atoms with Crippen LogP contribution in [-0.2, 0) is 4.79 Å². The number of rotatable bonds is 5. The van der Waals surface area contributed by atoms with Crippen LogP contribution in [0.4, 0.5) is 0 Å². The molecule has 0 saturated heterocycles. The lowest BCUT2D eigenvalue weighted by molar-refractivity contribution is -0.168. The van der Waals surface area contributed by atoms with E-state index in [-0.39, 0.29) is 34.7 Å². The second kappa shape index (κ2) is 8.03. The summed E-state index contributed by atoms with van der Waals surface area (Å²) < 4.78 is 0. The molecule has 4 aliphatic carbocycles. The van der Waals surface area contributed by atoms with E-state index in [9.17, 15) is 15.0 Å². The van der Waals surface area contributed by atoms with Gasteiger partial charge in [-0.25, -0.2) is 0 Å². The Morgan fingerprint density at radius 2 is 1.83 bits per heavy atom. The van der Waals surface area contributed by atoms with Gasteiger partial charge >= 0.3 is 0 Å². The summed E-state index contributed by atoms with van der Waals surface area (Å²) in [5, 5.41) is 22.9. The van der Waals surface area contributed by atoms with Crippen molar-refractivity contribution in [2.24, 2.45) is 46.3 Å². The quantitative estimate of drug-likeness (QED) is 0.619. The van der Waals surface area contributed by atoms with Crippen molar-refractivity contribution in [3.05, 3.63) is 11.6 Å². The summed E-state index contributed by atoms with van der Waals surface area (Å²) in [4.78, 5) is 12.1. The highest BCUT2D eigenvalue weighted by atomic mass is 16.3. The van der Waals surface area contributed by atoms with Gasteiger partial charge in [-0.2, -0.15) is 0 Å². The molecular weight excluding hydrogens is 372 g/mol. The average Bonchev–Trinajstić information content (AvgIpc) is 3.02. The minimum atomic E-state index is -0.368. The highest BCUT2D eigenvalue weighted by Crippen LogP contribution is 2.67. The van der Waals surface area contributed by atoms with E-state index < -0.39 is 0 Å². The van der Waals surface area contributed by atoms with E-state index in [4.69, 9.17) is 0 Å². The standard InChI is InChI=1S/C27H44O3/c1-16(2)7-6-8-17(3)20-9-10-21-25-22(15-24(30)27(20,21)5)26(4)12-11-19(28)13-18(26)14-23(25)29/h13,16-17,20-25,29-30H,6-12,14-15H2,1-5H3/t17-,20-,21+,22+,23?,24?,25+,26+,27-/m1/s1. The van der Waals surface area contributed by atoms with Crippen LogP contribution in [0.25, 0.3) is 0 Å². The van der Waals surface area contributed by atoms with Crippen molar-refractivity contribution in [2.75, 3.05) is 0 Å². The lowest BCUT2D eigenvalue weighted by atomic mass is 9.45. The zero-order valence-corrected chi connectivity index (χ0v) is 19.9.